The molecule has 1 fully saturated rings. The number of hydrogen-bond acceptors (Lipinski definition) is 10. The van der Waals surface area contributed by atoms with Crippen molar-refractivity contribution < 1.29 is 28.7 Å². The van der Waals surface area contributed by atoms with Crippen molar-refractivity contribution in [3.63, 3.8) is 0 Å². The van der Waals surface area contributed by atoms with Crippen molar-refractivity contribution in [2.45, 2.75) is 87.2 Å². The zero-order valence-electron chi connectivity index (χ0n) is 37.3. The van der Waals surface area contributed by atoms with Gasteiger partial charge in [0.1, 0.15) is 22.7 Å². The van der Waals surface area contributed by atoms with Crippen molar-refractivity contribution >= 4 is 45.8 Å². The molecule has 0 unspecified atom stereocenters. The van der Waals surface area contributed by atoms with Crippen LogP contribution in [0.5, 0.6) is 5.75 Å². The van der Waals surface area contributed by atoms with E-state index in [1.165, 1.54) is 6.20 Å². The third-order valence-electron chi connectivity index (χ3n) is 11.1. The first-order valence-corrected chi connectivity index (χ1v) is 21.7. The Kier molecular flexibility index (Phi) is 13.8. The van der Waals surface area contributed by atoms with E-state index >= 15 is 0 Å². The number of amides is 4. The second-order valence-corrected chi connectivity index (χ2v) is 15.4. The number of nitrogens with two attached hydrogens (primary N) is 2. The minimum Gasteiger partial charge on any atom is -0.491 e. The third kappa shape index (κ3) is 9.23. The summed E-state index contributed by atoms with van der Waals surface area (Å²) in [6.45, 7) is 17.7. The van der Waals surface area contributed by atoms with E-state index in [1.807, 2.05) is 67.4 Å². The molecule has 20 nitrogen and oxygen atoms in total. The zero-order valence-corrected chi connectivity index (χ0v) is 37.3. The van der Waals surface area contributed by atoms with Crippen LogP contribution in [-0.4, -0.2) is 111 Å². The van der Waals surface area contributed by atoms with Crippen molar-refractivity contribution in [2.24, 2.45) is 21.5 Å². The standard InChI is InChI=1S/C44H56N14O6/c1-7-53-32-24-30(38(45)59)26-36(64-19-13-14-52-17-20-63-21-18-52)37(32)55(43(53)48-41(61)34-22-28(5)50-57(34)9-3)15-11-12-16-56-40-33(25-31(27-47-40)39(46)60)54(8-2)44(56)49-42(62)35-23-29(6)51-58(35)10-4/h11-12,22-27H,7-10,13-21H2,1-6H3,(H2,45,59)(H2,46,60)/b12-11+,48-43+,49-44+. The molecule has 6 aromatic rings. The molecule has 4 amide bonds. The largest absolute Gasteiger partial charge is 0.491 e. The van der Waals surface area contributed by atoms with Gasteiger partial charge in [0.2, 0.25) is 23.1 Å². The van der Waals surface area contributed by atoms with Crippen LogP contribution in [0.4, 0.5) is 0 Å². The predicted molar refractivity (Wildman–Crippen MR) is 238 cm³/mol. The fraction of sp³-hybridized carbons (Fsp3) is 0.432. The lowest BCUT2D eigenvalue weighted by atomic mass is 10.1. The van der Waals surface area contributed by atoms with Gasteiger partial charge in [0.15, 0.2) is 5.65 Å². The number of aromatic nitrogens is 9. The van der Waals surface area contributed by atoms with Crippen LogP contribution in [0.3, 0.4) is 0 Å². The van der Waals surface area contributed by atoms with Gasteiger partial charge in [0.25, 0.3) is 11.8 Å². The van der Waals surface area contributed by atoms with Gasteiger partial charge >= 0.3 is 0 Å². The first-order chi connectivity index (χ1) is 30.9. The molecule has 0 aliphatic carbocycles. The molecule has 0 bridgehead atoms. The van der Waals surface area contributed by atoms with Crippen LogP contribution in [0.1, 0.15) is 87.2 Å². The molecule has 0 atom stereocenters. The Bertz CT molecular complexity index is 2910. The molecule has 0 saturated carbocycles. The van der Waals surface area contributed by atoms with E-state index < -0.39 is 23.6 Å². The second-order valence-electron chi connectivity index (χ2n) is 15.4. The summed E-state index contributed by atoms with van der Waals surface area (Å²) < 4.78 is 22.6. The Morgan fingerprint density at radius 2 is 1.27 bits per heavy atom. The highest BCUT2D eigenvalue weighted by Gasteiger charge is 2.22. The summed E-state index contributed by atoms with van der Waals surface area (Å²) in [6.07, 6.45) is 5.94. The maximum absolute atomic E-state index is 14.1. The molecule has 0 spiro atoms. The molecule has 1 aliphatic rings. The molecule has 64 heavy (non-hydrogen) atoms. The van der Waals surface area contributed by atoms with Gasteiger partial charge in [-0.15, -0.1) is 0 Å². The molecule has 1 aromatic carbocycles. The number of carbonyl (C=O) groups excluding carboxylic acids is 4. The summed E-state index contributed by atoms with van der Waals surface area (Å²) in [4.78, 5) is 69.2. The van der Waals surface area contributed by atoms with Gasteiger partial charge in [0.05, 0.1) is 47.8 Å². The van der Waals surface area contributed by atoms with Crippen molar-refractivity contribution in [3.05, 3.63) is 93.8 Å². The van der Waals surface area contributed by atoms with Crippen LogP contribution in [0.25, 0.3) is 22.2 Å². The Hall–Kier alpha value is -6.93. The highest BCUT2D eigenvalue weighted by Crippen LogP contribution is 2.28. The monoisotopic (exact) mass is 876 g/mol. The summed E-state index contributed by atoms with van der Waals surface area (Å²) in [5.41, 5.74) is 17.0. The lowest BCUT2D eigenvalue weighted by molar-refractivity contribution is 0.0358. The number of morpholine rings is 1. The van der Waals surface area contributed by atoms with Gasteiger partial charge in [-0.05, 0) is 78.3 Å². The van der Waals surface area contributed by atoms with E-state index in [4.69, 9.17) is 25.9 Å². The SMILES string of the molecule is CCn1nc(C)cc1C(=O)/N=c1\n(CC)c2cc(C(N)=O)cnc2n1C/C=C/Cn1/c(=N/C(=O)c2cc(C)nn2CC)n(CC)c2cc(C(N)=O)cc(OCCCN3CCOCC3)c21. The van der Waals surface area contributed by atoms with Gasteiger partial charge in [-0.3, -0.25) is 38.0 Å². The van der Waals surface area contributed by atoms with E-state index in [1.54, 1.807) is 44.3 Å². The average molecular weight is 877 g/mol. The Labute approximate surface area is 369 Å². The number of aryl methyl sites for hydroxylation is 6. The number of nitrogens with zero attached hydrogens (tertiary/aromatic N) is 12. The minimum absolute atomic E-state index is 0.203. The van der Waals surface area contributed by atoms with Gasteiger partial charge in [-0.1, -0.05) is 12.2 Å². The van der Waals surface area contributed by atoms with Gasteiger partial charge in [-0.2, -0.15) is 20.2 Å². The Morgan fingerprint density at radius 3 is 1.83 bits per heavy atom. The van der Waals surface area contributed by atoms with E-state index in [-0.39, 0.29) is 24.2 Å². The second kappa shape index (κ2) is 19.6. The van der Waals surface area contributed by atoms with Gasteiger partial charge in [0, 0.05) is 70.7 Å². The highest BCUT2D eigenvalue weighted by atomic mass is 16.5. The smallest absolute Gasteiger partial charge is 0.298 e. The molecular weight excluding hydrogens is 821 g/mol. The number of rotatable bonds is 17. The number of imidazole rings is 2. The highest BCUT2D eigenvalue weighted by molar-refractivity contribution is 5.99. The molecule has 1 aliphatic heterocycles. The fourth-order valence-electron chi connectivity index (χ4n) is 8.09. The van der Waals surface area contributed by atoms with E-state index in [0.717, 1.165) is 26.1 Å². The zero-order chi connectivity index (χ0) is 45.7. The lowest BCUT2D eigenvalue weighted by Crippen LogP contribution is -2.37. The van der Waals surface area contributed by atoms with E-state index in [0.29, 0.717) is 108 Å². The lowest BCUT2D eigenvalue weighted by Gasteiger charge is -2.26. The van der Waals surface area contributed by atoms with Crippen LogP contribution < -0.4 is 27.4 Å². The van der Waals surface area contributed by atoms with Crippen molar-refractivity contribution in [1.29, 1.82) is 0 Å². The van der Waals surface area contributed by atoms with Crippen molar-refractivity contribution in [2.75, 3.05) is 39.5 Å². The molecule has 0 radical (unpaired) electrons. The maximum atomic E-state index is 14.1. The van der Waals surface area contributed by atoms with Crippen molar-refractivity contribution in [3.8, 4) is 5.75 Å². The third-order valence-corrected chi connectivity index (χ3v) is 11.1. The first kappa shape index (κ1) is 45.1. The first-order valence-electron chi connectivity index (χ1n) is 21.7. The topological polar surface area (TPSA) is 235 Å². The van der Waals surface area contributed by atoms with Crippen molar-refractivity contribution in [1.82, 2.24) is 47.7 Å². The molecule has 20 heteroatoms. The van der Waals surface area contributed by atoms with Crippen LogP contribution in [0.2, 0.25) is 0 Å². The van der Waals surface area contributed by atoms with Gasteiger partial charge in [-0.25, -0.2) is 4.98 Å². The normalized spacial score (nSPS) is 14.2. The van der Waals surface area contributed by atoms with Crippen LogP contribution in [0, 0.1) is 13.8 Å². The number of ether oxygens (including phenoxy) is 2. The van der Waals surface area contributed by atoms with Crippen LogP contribution >= 0.6 is 0 Å². The Morgan fingerprint density at radius 1 is 0.719 bits per heavy atom. The number of hydrogen-bond donors (Lipinski definition) is 2. The average Bonchev–Trinajstić information content (AvgIpc) is 4.03. The van der Waals surface area contributed by atoms with Crippen LogP contribution in [0.15, 0.2) is 58.7 Å². The molecule has 7 rings (SSSR count). The maximum Gasteiger partial charge on any atom is 0.298 e. The van der Waals surface area contributed by atoms with Gasteiger partial charge < -0.3 is 34.6 Å². The molecule has 5 aromatic heterocycles. The Balaban J connectivity index is 1.34. The summed E-state index contributed by atoms with van der Waals surface area (Å²) in [5, 5.41) is 8.90. The number of benzene rings is 1. The number of carbonyl (C=O) groups is 4. The van der Waals surface area contributed by atoms with Crippen LogP contribution in [-0.2, 0) is 44.0 Å². The molecular formula is C44H56N14O6. The number of pyridine rings is 1. The number of fused-ring (bicyclic) bond motifs is 2. The quantitative estimate of drug-likeness (QED) is 0.100. The summed E-state index contributed by atoms with van der Waals surface area (Å²) in [6, 6.07) is 8.39. The summed E-state index contributed by atoms with van der Waals surface area (Å²) in [7, 11) is 0. The fourth-order valence-corrected chi connectivity index (χ4v) is 8.09. The predicted octanol–water partition coefficient (Wildman–Crippen LogP) is 2.72. The number of primary amides is 2. The minimum atomic E-state index is -0.637. The van der Waals surface area contributed by atoms with E-state index in [2.05, 4.69) is 25.1 Å². The summed E-state index contributed by atoms with van der Waals surface area (Å²) >= 11 is 0. The van der Waals surface area contributed by atoms with E-state index in [9.17, 15) is 19.2 Å². The summed E-state index contributed by atoms with van der Waals surface area (Å²) in [5.74, 6) is -1.81. The molecule has 6 heterocycles. The number of allylic oxidation sites excluding steroid dienone is 2. The molecule has 338 valence electrons. The molecule has 4 N–H and O–H groups in total. The molecule has 1 saturated heterocycles.